The Balaban J connectivity index is 1.95. The van der Waals surface area contributed by atoms with Gasteiger partial charge in [-0.2, -0.15) is 0 Å². The van der Waals surface area contributed by atoms with Gasteiger partial charge in [0.15, 0.2) is 8.32 Å². The summed E-state index contributed by atoms with van der Waals surface area (Å²) in [5, 5.41) is 0.284. The lowest BCUT2D eigenvalue weighted by Gasteiger charge is -2.40. The molecule has 0 bridgehead atoms. The smallest absolute Gasteiger partial charge is 0.192 e. The van der Waals surface area contributed by atoms with Crippen LogP contribution in [-0.2, 0) is 10.8 Å². The Morgan fingerprint density at radius 2 is 1.88 bits per heavy atom. The maximum absolute atomic E-state index is 6.86. The summed E-state index contributed by atoms with van der Waals surface area (Å²) >= 11 is 0. The van der Waals surface area contributed by atoms with Crippen LogP contribution in [0, 0.1) is 0 Å². The highest BCUT2D eigenvalue weighted by atomic mass is 28.4. The van der Waals surface area contributed by atoms with Crippen LogP contribution in [0.3, 0.4) is 0 Å². The van der Waals surface area contributed by atoms with Crippen LogP contribution >= 0.6 is 0 Å². The number of benzene rings is 1. The Labute approximate surface area is 157 Å². The zero-order valence-corrected chi connectivity index (χ0v) is 18.3. The first-order chi connectivity index (χ1) is 11.7. The molecule has 1 aliphatic rings. The summed E-state index contributed by atoms with van der Waals surface area (Å²) in [4.78, 5) is 2.54. The van der Waals surface area contributed by atoms with E-state index in [9.17, 15) is 0 Å². The summed E-state index contributed by atoms with van der Waals surface area (Å²) in [6.45, 7) is 13.1. The van der Waals surface area contributed by atoms with E-state index in [-0.39, 0.29) is 5.04 Å². The van der Waals surface area contributed by atoms with Crippen LogP contribution in [0.4, 0.5) is 0 Å². The van der Waals surface area contributed by atoms with Crippen molar-refractivity contribution < 1.29 is 4.43 Å². The Hall–Kier alpha value is -0.643. The van der Waals surface area contributed by atoms with Gasteiger partial charge < -0.3 is 9.33 Å². The molecule has 2 rings (SSSR count). The SMILES string of the molecule is CN1CCC[C@H]1C[C@@H](CCCc1ccccc1)O[Si](C)(C)C(C)(C)C. The van der Waals surface area contributed by atoms with E-state index in [2.05, 4.69) is 76.1 Å². The lowest BCUT2D eigenvalue weighted by molar-refractivity contribution is 0.126. The molecule has 1 aromatic rings. The minimum atomic E-state index is -1.71. The van der Waals surface area contributed by atoms with E-state index in [1.165, 1.54) is 50.6 Å². The van der Waals surface area contributed by atoms with Gasteiger partial charge in [0.2, 0.25) is 0 Å². The van der Waals surface area contributed by atoms with Crippen molar-refractivity contribution in [3.05, 3.63) is 35.9 Å². The molecule has 1 aromatic carbocycles. The molecule has 1 aliphatic heterocycles. The molecule has 2 nitrogen and oxygen atoms in total. The molecular weight excluding hydrogens is 322 g/mol. The molecule has 0 spiro atoms. The van der Waals surface area contributed by atoms with E-state index >= 15 is 0 Å². The molecule has 1 fully saturated rings. The third kappa shape index (κ3) is 6.23. The highest BCUT2D eigenvalue weighted by Gasteiger charge is 2.39. The van der Waals surface area contributed by atoms with Crippen LogP contribution in [0.15, 0.2) is 30.3 Å². The molecule has 0 radical (unpaired) electrons. The second-order valence-electron chi connectivity index (χ2n) is 9.39. The van der Waals surface area contributed by atoms with Crippen LogP contribution in [-0.4, -0.2) is 39.0 Å². The molecule has 25 heavy (non-hydrogen) atoms. The summed E-state index contributed by atoms with van der Waals surface area (Å²) in [6.07, 6.45) is 7.88. The first-order valence-corrected chi connectivity index (χ1v) is 13.0. The Morgan fingerprint density at radius 3 is 2.44 bits per heavy atom. The van der Waals surface area contributed by atoms with E-state index in [1.54, 1.807) is 0 Å². The fraction of sp³-hybridized carbons (Fsp3) is 0.727. The molecular formula is C22H39NOSi. The van der Waals surface area contributed by atoms with E-state index in [0.717, 1.165) is 0 Å². The van der Waals surface area contributed by atoms with Gasteiger partial charge >= 0.3 is 0 Å². The summed E-state index contributed by atoms with van der Waals surface area (Å²) < 4.78 is 6.86. The van der Waals surface area contributed by atoms with Gasteiger partial charge in [0, 0.05) is 12.1 Å². The Kier molecular flexibility index (Phi) is 7.30. The first-order valence-electron chi connectivity index (χ1n) is 10.1. The molecule has 1 saturated heterocycles. The molecule has 142 valence electrons. The molecule has 0 aromatic heterocycles. The van der Waals surface area contributed by atoms with Gasteiger partial charge in [0.05, 0.1) is 0 Å². The van der Waals surface area contributed by atoms with Crippen molar-refractivity contribution in [2.75, 3.05) is 13.6 Å². The number of likely N-dealkylation sites (tertiary alicyclic amines) is 1. The molecule has 3 heteroatoms. The number of hydrogen-bond acceptors (Lipinski definition) is 2. The number of nitrogens with zero attached hydrogens (tertiary/aromatic N) is 1. The number of hydrogen-bond donors (Lipinski definition) is 0. The maximum atomic E-state index is 6.86. The summed E-state index contributed by atoms with van der Waals surface area (Å²) in [7, 11) is 0.573. The summed E-state index contributed by atoms with van der Waals surface area (Å²) in [6, 6.07) is 11.6. The zero-order valence-electron chi connectivity index (χ0n) is 17.3. The lowest BCUT2D eigenvalue weighted by Crippen LogP contribution is -2.45. The zero-order chi connectivity index (χ0) is 18.5. The average molecular weight is 362 g/mol. The predicted octanol–water partition coefficient (Wildman–Crippen LogP) is 5.88. The van der Waals surface area contributed by atoms with Crippen molar-refractivity contribution in [3.63, 3.8) is 0 Å². The summed E-state index contributed by atoms with van der Waals surface area (Å²) in [5.74, 6) is 0. The average Bonchev–Trinajstić information content (AvgIpc) is 2.92. The minimum absolute atomic E-state index is 0.284. The van der Waals surface area contributed by atoms with Crippen LogP contribution in [0.2, 0.25) is 18.1 Å². The highest BCUT2D eigenvalue weighted by Crippen LogP contribution is 2.38. The minimum Gasteiger partial charge on any atom is -0.414 e. The van der Waals surface area contributed by atoms with Gasteiger partial charge in [-0.15, -0.1) is 0 Å². The highest BCUT2D eigenvalue weighted by molar-refractivity contribution is 6.74. The van der Waals surface area contributed by atoms with E-state index in [1.807, 2.05) is 0 Å². The molecule has 0 N–H and O–H groups in total. The van der Waals surface area contributed by atoms with Crippen molar-refractivity contribution in [3.8, 4) is 0 Å². The van der Waals surface area contributed by atoms with Crippen LogP contribution in [0.1, 0.15) is 58.4 Å². The Bertz CT molecular complexity index is 509. The molecule has 2 atom stereocenters. The fourth-order valence-corrected chi connectivity index (χ4v) is 4.98. The van der Waals surface area contributed by atoms with Crippen molar-refractivity contribution in [2.45, 2.75) is 89.6 Å². The standard InChI is InChI=1S/C22H39NOSi/c1-22(2,3)25(5,6)24-21(18-20-15-11-17-23(20)4)16-10-14-19-12-8-7-9-13-19/h7-9,12-13,20-21H,10-11,14-18H2,1-6H3/t20-,21+/m0/s1. The van der Waals surface area contributed by atoms with E-state index in [0.29, 0.717) is 12.1 Å². The normalized spacial score (nSPS) is 20.8. The van der Waals surface area contributed by atoms with Crippen LogP contribution in [0.25, 0.3) is 0 Å². The van der Waals surface area contributed by atoms with E-state index in [4.69, 9.17) is 4.43 Å². The van der Waals surface area contributed by atoms with Gasteiger partial charge in [-0.05, 0) is 75.8 Å². The quantitative estimate of drug-likeness (QED) is 0.536. The topological polar surface area (TPSA) is 12.5 Å². The van der Waals surface area contributed by atoms with Gasteiger partial charge in [-0.3, -0.25) is 0 Å². The van der Waals surface area contributed by atoms with Crippen molar-refractivity contribution in [1.29, 1.82) is 0 Å². The van der Waals surface area contributed by atoms with Gasteiger partial charge in [0.25, 0.3) is 0 Å². The second-order valence-corrected chi connectivity index (χ2v) is 14.1. The third-order valence-electron chi connectivity index (χ3n) is 6.31. The van der Waals surface area contributed by atoms with Crippen LogP contribution < -0.4 is 0 Å². The Morgan fingerprint density at radius 1 is 1.20 bits per heavy atom. The monoisotopic (exact) mass is 361 g/mol. The van der Waals surface area contributed by atoms with Crippen molar-refractivity contribution in [2.24, 2.45) is 0 Å². The predicted molar refractivity (Wildman–Crippen MR) is 112 cm³/mol. The first kappa shape index (κ1) is 20.7. The second kappa shape index (κ2) is 8.83. The maximum Gasteiger partial charge on any atom is 0.192 e. The summed E-state index contributed by atoms with van der Waals surface area (Å²) in [5.41, 5.74) is 1.45. The van der Waals surface area contributed by atoms with Gasteiger partial charge in [-0.1, -0.05) is 51.1 Å². The molecule has 1 heterocycles. The molecule has 0 unspecified atom stereocenters. The number of rotatable bonds is 8. The third-order valence-corrected chi connectivity index (χ3v) is 10.8. The largest absolute Gasteiger partial charge is 0.414 e. The molecule has 0 saturated carbocycles. The van der Waals surface area contributed by atoms with Crippen LogP contribution in [0.5, 0.6) is 0 Å². The molecule has 0 amide bonds. The molecule has 0 aliphatic carbocycles. The van der Waals surface area contributed by atoms with Gasteiger partial charge in [-0.25, -0.2) is 0 Å². The van der Waals surface area contributed by atoms with Gasteiger partial charge in [0.1, 0.15) is 0 Å². The number of aryl methyl sites for hydroxylation is 1. The fourth-order valence-electron chi connectivity index (χ4n) is 3.58. The lowest BCUT2D eigenvalue weighted by atomic mass is 10.0. The van der Waals surface area contributed by atoms with Crippen molar-refractivity contribution in [1.82, 2.24) is 4.90 Å². The van der Waals surface area contributed by atoms with Crippen molar-refractivity contribution >= 4 is 8.32 Å². The van der Waals surface area contributed by atoms with E-state index < -0.39 is 8.32 Å².